The summed E-state index contributed by atoms with van der Waals surface area (Å²) >= 11 is 0. The van der Waals surface area contributed by atoms with Gasteiger partial charge < -0.3 is 14.7 Å². The second kappa shape index (κ2) is 7.11. The van der Waals surface area contributed by atoms with E-state index in [1.54, 1.807) is 0 Å². The first kappa shape index (κ1) is 18.1. The summed E-state index contributed by atoms with van der Waals surface area (Å²) in [5.41, 5.74) is -0.856. The Balaban J connectivity index is 1.97. The van der Waals surface area contributed by atoms with Crippen molar-refractivity contribution in [3.63, 3.8) is 0 Å². The summed E-state index contributed by atoms with van der Waals surface area (Å²) in [5.74, 6) is -2.21. The number of rotatable bonds is 7. The molecule has 1 aromatic rings. The van der Waals surface area contributed by atoms with Gasteiger partial charge in [-0.2, -0.15) is 13.2 Å². The maximum Gasteiger partial charge on any atom is 0.416 e. The van der Waals surface area contributed by atoms with Gasteiger partial charge in [0.1, 0.15) is 5.75 Å². The summed E-state index contributed by atoms with van der Waals surface area (Å²) in [5, 5.41) is 8.95. The standard InChI is InChI=1S/C16H18F3NO4/c1-10(15(22)23)8-20(12-5-6-12)14(21)9-24-13-4-2-3-11(7-13)16(17,18)19/h2-4,7,10,12H,5-6,8-9H2,1H3,(H,22,23). The molecule has 132 valence electrons. The Labute approximate surface area is 137 Å². The van der Waals surface area contributed by atoms with Crippen LogP contribution in [0.5, 0.6) is 5.75 Å². The number of amides is 1. The molecule has 0 heterocycles. The highest BCUT2D eigenvalue weighted by Gasteiger charge is 2.35. The van der Waals surface area contributed by atoms with Gasteiger partial charge in [-0.25, -0.2) is 0 Å². The third kappa shape index (κ3) is 4.87. The van der Waals surface area contributed by atoms with Crippen LogP contribution in [-0.2, 0) is 15.8 Å². The summed E-state index contributed by atoms with van der Waals surface area (Å²) in [6.07, 6.45) is -2.90. The Bertz CT molecular complexity index is 614. The van der Waals surface area contributed by atoms with Crippen LogP contribution in [0.2, 0.25) is 0 Å². The highest BCUT2D eigenvalue weighted by Crippen LogP contribution is 2.31. The zero-order valence-electron chi connectivity index (χ0n) is 13.0. The van der Waals surface area contributed by atoms with E-state index in [1.807, 2.05) is 0 Å². The molecule has 0 radical (unpaired) electrons. The topological polar surface area (TPSA) is 66.8 Å². The molecule has 0 aliphatic heterocycles. The number of carbonyl (C=O) groups excluding carboxylic acids is 1. The predicted molar refractivity (Wildman–Crippen MR) is 78.5 cm³/mol. The van der Waals surface area contributed by atoms with Crippen LogP contribution in [0.4, 0.5) is 13.2 Å². The fourth-order valence-corrected chi connectivity index (χ4v) is 2.20. The van der Waals surface area contributed by atoms with Crippen LogP contribution in [-0.4, -0.2) is 41.1 Å². The van der Waals surface area contributed by atoms with Crippen LogP contribution < -0.4 is 4.74 Å². The predicted octanol–water partition coefficient (Wildman–Crippen LogP) is 2.80. The number of halogens is 3. The second-order valence-electron chi connectivity index (χ2n) is 5.83. The number of carboxylic acid groups (broad SMARTS) is 1. The molecule has 0 aromatic heterocycles. The molecule has 1 fully saturated rings. The van der Waals surface area contributed by atoms with Crippen LogP contribution in [0, 0.1) is 5.92 Å². The smallest absolute Gasteiger partial charge is 0.416 e. The molecule has 1 aliphatic carbocycles. The van der Waals surface area contributed by atoms with E-state index in [0.29, 0.717) is 0 Å². The Morgan fingerprint density at radius 2 is 2.04 bits per heavy atom. The minimum atomic E-state index is -4.49. The van der Waals surface area contributed by atoms with Crippen LogP contribution >= 0.6 is 0 Å². The zero-order valence-corrected chi connectivity index (χ0v) is 13.0. The van der Waals surface area contributed by atoms with Gasteiger partial charge in [0, 0.05) is 12.6 Å². The van der Waals surface area contributed by atoms with Gasteiger partial charge in [-0.1, -0.05) is 13.0 Å². The van der Waals surface area contributed by atoms with E-state index in [0.717, 1.165) is 25.0 Å². The van der Waals surface area contributed by atoms with Gasteiger partial charge in [-0.3, -0.25) is 9.59 Å². The molecule has 0 bridgehead atoms. The van der Waals surface area contributed by atoms with Crippen molar-refractivity contribution >= 4 is 11.9 Å². The third-order valence-electron chi connectivity index (χ3n) is 3.72. The average molecular weight is 345 g/mol. The lowest BCUT2D eigenvalue weighted by molar-refractivity contribution is -0.143. The number of alkyl halides is 3. The van der Waals surface area contributed by atoms with Crippen molar-refractivity contribution in [3.05, 3.63) is 29.8 Å². The fourth-order valence-electron chi connectivity index (χ4n) is 2.20. The Hall–Kier alpha value is -2.25. The van der Waals surface area contributed by atoms with E-state index in [-0.39, 0.29) is 18.3 Å². The molecule has 8 heteroatoms. The molecule has 1 aromatic carbocycles. The molecular weight excluding hydrogens is 327 g/mol. The Kier molecular flexibility index (Phi) is 5.36. The SMILES string of the molecule is CC(CN(C(=O)COc1cccc(C(F)(F)F)c1)C1CC1)C(=O)O. The molecule has 0 spiro atoms. The van der Waals surface area contributed by atoms with Crippen LogP contribution in [0.25, 0.3) is 0 Å². The molecule has 2 rings (SSSR count). The summed E-state index contributed by atoms with van der Waals surface area (Å²) < 4.78 is 43.1. The lowest BCUT2D eigenvalue weighted by atomic mass is 10.1. The van der Waals surface area contributed by atoms with Gasteiger partial charge in [-0.05, 0) is 31.0 Å². The normalized spacial score (nSPS) is 15.7. The summed E-state index contributed by atoms with van der Waals surface area (Å²) in [4.78, 5) is 24.6. The van der Waals surface area contributed by atoms with Crippen molar-refractivity contribution in [2.24, 2.45) is 5.92 Å². The quantitative estimate of drug-likeness (QED) is 0.825. The lowest BCUT2D eigenvalue weighted by Crippen LogP contribution is -2.41. The van der Waals surface area contributed by atoms with Crippen LogP contribution in [0.3, 0.4) is 0 Å². The highest BCUT2D eigenvalue weighted by molar-refractivity contribution is 5.79. The zero-order chi connectivity index (χ0) is 17.9. The van der Waals surface area contributed by atoms with Crippen molar-refractivity contribution in [2.45, 2.75) is 32.0 Å². The number of carbonyl (C=O) groups is 2. The van der Waals surface area contributed by atoms with E-state index in [9.17, 15) is 22.8 Å². The van der Waals surface area contributed by atoms with Crippen molar-refractivity contribution in [3.8, 4) is 5.75 Å². The minimum absolute atomic E-state index is 0.00981. The largest absolute Gasteiger partial charge is 0.484 e. The molecule has 1 atom stereocenters. The molecule has 5 nitrogen and oxygen atoms in total. The first-order valence-corrected chi connectivity index (χ1v) is 7.51. The average Bonchev–Trinajstić information content (AvgIpc) is 3.34. The highest BCUT2D eigenvalue weighted by atomic mass is 19.4. The van der Waals surface area contributed by atoms with Gasteiger partial charge in [0.2, 0.25) is 0 Å². The molecule has 1 N–H and O–H groups in total. The van der Waals surface area contributed by atoms with Crippen molar-refractivity contribution < 1.29 is 32.6 Å². The van der Waals surface area contributed by atoms with Crippen molar-refractivity contribution in [2.75, 3.05) is 13.2 Å². The summed E-state index contributed by atoms with van der Waals surface area (Å²) in [7, 11) is 0. The second-order valence-corrected chi connectivity index (χ2v) is 5.83. The number of hydrogen-bond acceptors (Lipinski definition) is 3. The van der Waals surface area contributed by atoms with E-state index in [4.69, 9.17) is 9.84 Å². The van der Waals surface area contributed by atoms with E-state index in [2.05, 4.69) is 0 Å². The summed E-state index contributed by atoms with van der Waals surface area (Å²) in [6, 6.07) is 4.27. The third-order valence-corrected chi connectivity index (χ3v) is 3.72. The maximum atomic E-state index is 12.6. The fraction of sp³-hybridized carbons (Fsp3) is 0.500. The van der Waals surface area contributed by atoms with Crippen molar-refractivity contribution in [1.29, 1.82) is 0 Å². The van der Waals surface area contributed by atoms with Gasteiger partial charge >= 0.3 is 12.1 Å². The van der Waals surface area contributed by atoms with E-state index in [1.165, 1.54) is 24.0 Å². The lowest BCUT2D eigenvalue weighted by Gasteiger charge is -2.24. The molecule has 1 saturated carbocycles. The molecule has 0 saturated heterocycles. The summed E-state index contributed by atoms with van der Waals surface area (Å²) in [6.45, 7) is 1.13. The number of nitrogens with zero attached hydrogens (tertiary/aromatic N) is 1. The molecule has 24 heavy (non-hydrogen) atoms. The molecular formula is C16H18F3NO4. The Morgan fingerprint density at radius 1 is 1.38 bits per heavy atom. The van der Waals surface area contributed by atoms with E-state index >= 15 is 0 Å². The molecule has 1 unspecified atom stereocenters. The number of hydrogen-bond donors (Lipinski definition) is 1. The Morgan fingerprint density at radius 3 is 2.58 bits per heavy atom. The van der Waals surface area contributed by atoms with Gasteiger partial charge in [0.15, 0.2) is 6.61 Å². The maximum absolute atomic E-state index is 12.6. The van der Waals surface area contributed by atoms with Gasteiger partial charge in [-0.15, -0.1) is 0 Å². The number of carboxylic acids is 1. The van der Waals surface area contributed by atoms with Crippen LogP contribution in [0.1, 0.15) is 25.3 Å². The van der Waals surface area contributed by atoms with Crippen LogP contribution in [0.15, 0.2) is 24.3 Å². The molecule has 1 amide bonds. The first-order valence-electron chi connectivity index (χ1n) is 7.51. The van der Waals surface area contributed by atoms with E-state index < -0.39 is 36.1 Å². The number of benzene rings is 1. The first-order chi connectivity index (χ1) is 11.2. The monoisotopic (exact) mass is 345 g/mol. The minimum Gasteiger partial charge on any atom is -0.484 e. The van der Waals surface area contributed by atoms with Gasteiger partial charge in [0.05, 0.1) is 11.5 Å². The van der Waals surface area contributed by atoms with Crippen molar-refractivity contribution in [1.82, 2.24) is 4.90 Å². The number of aliphatic carboxylic acids is 1. The number of ether oxygens (including phenoxy) is 1. The van der Waals surface area contributed by atoms with Gasteiger partial charge in [0.25, 0.3) is 5.91 Å². The molecule has 1 aliphatic rings.